The molecule has 0 saturated heterocycles. The Bertz CT molecular complexity index is 1090. The van der Waals surface area contributed by atoms with Crippen molar-refractivity contribution in [2.24, 2.45) is 0 Å². The second-order valence-corrected chi connectivity index (χ2v) is 6.57. The fourth-order valence-corrected chi connectivity index (χ4v) is 3.56. The number of amides is 1. The van der Waals surface area contributed by atoms with Gasteiger partial charge in [0.15, 0.2) is 5.43 Å². The van der Waals surface area contributed by atoms with Crippen molar-refractivity contribution in [1.82, 2.24) is 4.90 Å². The third kappa shape index (κ3) is 2.47. The predicted octanol–water partition coefficient (Wildman–Crippen LogP) is 4.02. The molecule has 1 aliphatic heterocycles. The number of hydrogen-bond donors (Lipinski definition) is 0. The van der Waals surface area contributed by atoms with E-state index in [0.29, 0.717) is 33.9 Å². The fourth-order valence-electron chi connectivity index (χ4n) is 3.39. The highest BCUT2D eigenvalue weighted by atomic mass is 35.5. The Hall–Kier alpha value is -2.79. The van der Waals surface area contributed by atoms with Gasteiger partial charge in [-0.05, 0) is 42.8 Å². The molecule has 4 rings (SSSR count). The molecule has 2 aromatic carbocycles. The highest BCUT2D eigenvalue weighted by molar-refractivity contribution is 6.31. The first-order chi connectivity index (χ1) is 12.5. The number of rotatable bonds is 3. The summed E-state index contributed by atoms with van der Waals surface area (Å²) in [6.07, 6.45) is 0. The Labute approximate surface area is 154 Å². The molecule has 0 bridgehead atoms. The third-order valence-electron chi connectivity index (χ3n) is 4.55. The van der Waals surface area contributed by atoms with E-state index in [-0.39, 0.29) is 17.1 Å². The first kappa shape index (κ1) is 16.7. The third-order valence-corrected chi connectivity index (χ3v) is 4.78. The molecule has 0 spiro atoms. The zero-order chi connectivity index (χ0) is 18.4. The van der Waals surface area contributed by atoms with E-state index in [4.69, 9.17) is 20.8 Å². The van der Waals surface area contributed by atoms with Crippen LogP contribution in [0.3, 0.4) is 0 Å². The lowest BCUT2D eigenvalue weighted by Crippen LogP contribution is -2.25. The monoisotopic (exact) mass is 369 g/mol. The molecule has 0 fully saturated rings. The molecule has 26 heavy (non-hydrogen) atoms. The van der Waals surface area contributed by atoms with Crippen LogP contribution < -0.4 is 10.2 Å². The number of ether oxygens (including phenoxy) is 1. The maximum absolute atomic E-state index is 13.1. The molecule has 1 unspecified atom stereocenters. The summed E-state index contributed by atoms with van der Waals surface area (Å²) in [5.74, 6) is 0.451. The first-order valence-corrected chi connectivity index (χ1v) is 8.65. The Kier molecular flexibility index (Phi) is 3.96. The van der Waals surface area contributed by atoms with Crippen LogP contribution in [0.25, 0.3) is 11.0 Å². The van der Waals surface area contributed by atoms with Gasteiger partial charge in [0.1, 0.15) is 11.3 Å². The molecular formula is C20H16ClNO4. The average molecular weight is 370 g/mol. The minimum Gasteiger partial charge on any atom is -0.494 e. The van der Waals surface area contributed by atoms with Crippen LogP contribution in [0.1, 0.15) is 34.6 Å². The number of carbonyl (C=O) groups is 1. The molecule has 0 aliphatic carbocycles. The fraction of sp³-hybridized carbons (Fsp3) is 0.200. The Morgan fingerprint density at radius 3 is 2.77 bits per heavy atom. The first-order valence-electron chi connectivity index (χ1n) is 8.27. The van der Waals surface area contributed by atoms with Gasteiger partial charge in [0.2, 0.25) is 5.76 Å². The second-order valence-electron chi connectivity index (χ2n) is 6.14. The summed E-state index contributed by atoms with van der Waals surface area (Å²) in [7, 11) is 1.66. The maximum Gasteiger partial charge on any atom is 0.290 e. The summed E-state index contributed by atoms with van der Waals surface area (Å²) >= 11 is 6.03. The van der Waals surface area contributed by atoms with Crippen LogP contribution >= 0.6 is 11.6 Å². The molecule has 0 radical (unpaired) electrons. The van der Waals surface area contributed by atoms with Crippen molar-refractivity contribution in [2.75, 3.05) is 13.7 Å². The van der Waals surface area contributed by atoms with Crippen molar-refractivity contribution in [3.05, 3.63) is 74.6 Å². The number of halogens is 1. The lowest BCUT2D eigenvalue weighted by atomic mass is 9.98. The van der Waals surface area contributed by atoms with Crippen LogP contribution in [0.5, 0.6) is 5.75 Å². The average Bonchev–Trinajstić information content (AvgIpc) is 2.88. The van der Waals surface area contributed by atoms with Gasteiger partial charge < -0.3 is 14.1 Å². The summed E-state index contributed by atoms with van der Waals surface area (Å²) < 4.78 is 11.3. The summed E-state index contributed by atoms with van der Waals surface area (Å²) in [4.78, 5) is 27.3. The van der Waals surface area contributed by atoms with E-state index in [0.717, 1.165) is 5.56 Å². The number of fused-ring (bicyclic) bond motifs is 2. The van der Waals surface area contributed by atoms with E-state index in [1.54, 1.807) is 25.2 Å². The second kappa shape index (κ2) is 6.18. The van der Waals surface area contributed by atoms with Gasteiger partial charge in [-0.3, -0.25) is 9.59 Å². The van der Waals surface area contributed by atoms with Crippen LogP contribution in [0.2, 0.25) is 5.02 Å². The highest BCUT2D eigenvalue weighted by Gasteiger charge is 2.40. The molecular weight excluding hydrogens is 354 g/mol. The van der Waals surface area contributed by atoms with Gasteiger partial charge >= 0.3 is 0 Å². The highest BCUT2D eigenvalue weighted by Crippen LogP contribution is 2.38. The Balaban J connectivity index is 1.96. The van der Waals surface area contributed by atoms with Gasteiger partial charge in [0.25, 0.3) is 5.91 Å². The molecule has 5 nitrogen and oxygen atoms in total. The van der Waals surface area contributed by atoms with Crippen molar-refractivity contribution < 1.29 is 13.9 Å². The van der Waals surface area contributed by atoms with Crippen molar-refractivity contribution in [3.63, 3.8) is 0 Å². The number of benzene rings is 2. The lowest BCUT2D eigenvalue weighted by Gasteiger charge is -2.20. The zero-order valence-corrected chi connectivity index (χ0v) is 15.0. The van der Waals surface area contributed by atoms with E-state index in [1.807, 2.05) is 31.2 Å². The lowest BCUT2D eigenvalue weighted by molar-refractivity contribution is 0.0771. The SMILES string of the molecule is CCOc1cccc(C2c3c(oc4ccc(Cl)cc4c3=O)C(=O)N2C)c1. The smallest absolute Gasteiger partial charge is 0.290 e. The summed E-state index contributed by atoms with van der Waals surface area (Å²) in [5.41, 5.74) is 1.23. The number of carbonyl (C=O) groups excluding carboxylic acids is 1. The van der Waals surface area contributed by atoms with E-state index >= 15 is 0 Å². The molecule has 1 aliphatic rings. The standard InChI is InChI=1S/C20H16ClNO4/c1-3-25-13-6-4-5-11(9-13)17-16-18(23)14-10-12(21)7-8-15(14)26-19(16)20(24)22(17)2/h4-10,17H,3H2,1-2H3. The minimum atomic E-state index is -0.530. The van der Waals surface area contributed by atoms with Crippen LogP contribution in [-0.4, -0.2) is 24.5 Å². The van der Waals surface area contributed by atoms with Gasteiger partial charge in [-0.1, -0.05) is 23.7 Å². The van der Waals surface area contributed by atoms with Gasteiger partial charge in [0, 0.05) is 12.1 Å². The van der Waals surface area contributed by atoms with E-state index in [2.05, 4.69) is 0 Å². The van der Waals surface area contributed by atoms with Crippen LogP contribution in [0.15, 0.2) is 51.7 Å². The number of hydrogen-bond acceptors (Lipinski definition) is 4. The number of nitrogens with zero attached hydrogens (tertiary/aromatic N) is 1. The Morgan fingerprint density at radius 2 is 2.00 bits per heavy atom. The molecule has 1 atom stereocenters. The maximum atomic E-state index is 13.1. The van der Waals surface area contributed by atoms with Crippen molar-refractivity contribution in [1.29, 1.82) is 0 Å². The molecule has 6 heteroatoms. The molecule has 1 aromatic heterocycles. The van der Waals surface area contributed by atoms with Crippen molar-refractivity contribution in [2.45, 2.75) is 13.0 Å². The van der Waals surface area contributed by atoms with Crippen LogP contribution in [0.4, 0.5) is 0 Å². The van der Waals surface area contributed by atoms with Gasteiger partial charge in [-0.15, -0.1) is 0 Å². The molecule has 0 saturated carbocycles. The zero-order valence-electron chi connectivity index (χ0n) is 14.3. The minimum absolute atomic E-state index is 0.0825. The molecule has 3 aromatic rings. The van der Waals surface area contributed by atoms with Gasteiger partial charge in [0.05, 0.1) is 23.6 Å². The van der Waals surface area contributed by atoms with E-state index < -0.39 is 6.04 Å². The molecule has 1 amide bonds. The summed E-state index contributed by atoms with van der Waals surface area (Å²) in [6.45, 7) is 2.43. The van der Waals surface area contributed by atoms with Gasteiger partial charge in [-0.25, -0.2) is 0 Å². The quantitative estimate of drug-likeness (QED) is 0.699. The van der Waals surface area contributed by atoms with Crippen molar-refractivity contribution in [3.8, 4) is 5.75 Å². The summed E-state index contributed by atoms with van der Waals surface area (Å²) in [5, 5.41) is 0.808. The molecule has 2 heterocycles. The summed E-state index contributed by atoms with van der Waals surface area (Å²) in [6, 6.07) is 11.7. The largest absolute Gasteiger partial charge is 0.494 e. The van der Waals surface area contributed by atoms with E-state index in [1.165, 1.54) is 4.90 Å². The predicted molar refractivity (Wildman–Crippen MR) is 99.0 cm³/mol. The van der Waals surface area contributed by atoms with E-state index in [9.17, 15) is 9.59 Å². The van der Waals surface area contributed by atoms with Crippen LogP contribution in [-0.2, 0) is 0 Å². The normalized spacial score (nSPS) is 16.2. The topological polar surface area (TPSA) is 59.8 Å². The van der Waals surface area contributed by atoms with Gasteiger partial charge in [-0.2, -0.15) is 0 Å². The van der Waals surface area contributed by atoms with Crippen molar-refractivity contribution >= 4 is 28.5 Å². The molecule has 132 valence electrons. The Morgan fingerprint density at radius 1 is 1.19 bits per heavy atom. The van der Waals surface area contributed by atoms with Crippen LogP contribution in [0, 0.1) is 0 Å². The molecule has 0 N–H and O–H groups in total.